The summed E-state index contributed by atoms with van der Waals surface area (Å²) in [4.78, 5) is 25.4. The van der Waals surface area contributed by atoms with E-state index in [0.29, 0.717) is 45.0 Å². The van der Waals surface area contributed by atoms with Crippen molar-refractivity contribution < 1.29 is 24.2 Å². The van der Waals surface area contributed by atoms with E-state index in [2.05, 4.69) is 17.4 Å². The predicted octanol–water partition coefficient (Wildman–Crippen LogP) is 4.15. The molecule has 2 rings (SSSR count). The SMILES string of the molecule is CCNC(=O)N(CCCCc1ccccc1)CCOc1ccc(CC(OCC)C(=O)O)cc1. The molecule has 1 unspecified atom stereocenters. The molecule has 0 aromatic heterocycles. The summed E-state index contributed by atoms with van der Waals surface area (Å²) in [6.45, 7) is 6.17. The summed E-state index contributed by atoms with van der Waals surface area (Å²) in [5.74, 6) is -0.284. The molecule has 0 aliphatic carbocycles. The molecular formula is C26H36N2O5. The summed E-state index contributed by atoms with van der Waals surface area (Å²) < 4.78 is 11.1. The first-order valence-corrected chi connectivity index (χ1v) is 11.7. The molecule has 0 fully saturated rings. The zero-order chi connectivity index (χ0) is 23.9. The van der Waals surface area contributed by atoms with Crippen molar-refractivity contribution in [3.63, 3.8) is 0 Å². The van der Waals surface area contributed by atoms with Crippen LogP contribution in [0.15, 0.2) is 54.6 Å². The van der Waals surface area contributed by atoms with Gasteiger partial charge in [0.15, 0.2) is 6.10 Å². The summed E-state index contributed by atoms with van der Waals surface area (Å²) in [5.41, 5.74) is 2.18. The number of hydrogen-bond donors (Lipinski definition) is 2. The minimum absolute atomic E-state index is 0.0770. The molecule has 2 amide bonds. The Morgan fingerprint density at radius 3 is 2.33 bits per heavy atom. The molecule has 0 saturated carbocycles. The summed E-state index contributed by atoms with van der Waals surface area (Å²) in [6.07, 6.45) is 2.39. The van der Waals surface area contributed by atoms with Gasteiger partial charge in [-0.25, -0.2) is 9.59 Å². The standard InChI is InChI=1S/C26H36N2O5/c1-3-27-26(31)28(17-9-8-12-21-10-6-5-7-11-21)18-19-33-23-15-13-22(14-16-23)20-24(25(29)30)32-4-2/h5-7,10-11,13-16,24H,3-4,8-9,12,17-20H2,1-2H3,(H,27,31)(H,29,30). The average molecular weight is 457 g/mol. The van der Waals surface area contributed by atoms with Crippen molar-refractivity contribution in [2.45, 2.75) is 45.6 Å². The van der Waals surface area contributed by atoms with Crippen molar-refractivity contribution in [1.82, 2.24) is 10.2 Å². The monoisotopic (exact) mass is 456 g/mol. The number of ether oxygens (including phenoxy) is 2. The lowest BCUT2D eigenvalue weighted by molar-refractivity contribution is -0.149. The fourth-order valence-electron chi connectivity index (χ4n) is 3.48. The highest BCUT2D eigenvalue weighted by molar-refractivity contribution is 5.74. The zero-order valence-electron chi connectivity index (χ0n) is 19.7. The third-order valence-electron chi connectivity index (χ3n) is 5.22. The number of carbonyl (C=O) groups excluding carboxylic acids is 1. The van der Waals surface area contributed by atoms with E-state index in [1.807, 2.05) is 49.4 Å². The van der Waals surface area contributed by atoms with Gasteiger partial charge in [-0.15, -0.1) is 0 Å². The molecule has 7 heteroatoms. The molecule has 1 atom stereocenters. The maximum absolute atomic E-state index is 12.4. The van der Waals surface area contributed by atoms with Crippen molar-refractivity contribution in [2.75, 3.05) is 32.8 Å². The summed E-state index contributed by atoms with van der Waals surface area (Å²) >= 11 is 0. The third kappa shape index (κ3) is 9.95. The number of amides is 2. The summed E-state index contributed by atoms with van der Waals surface area (Å²) in [6, 6.07) is 17.6. The smallest absolute Gasteiger partial charge is 0.333 e. The van der Waals surface area contributed by atoms with E-state index in [1.54, 1.807) is 11.8 Å². The second kappa shape index (κ2) is 14.9. The van der Waals surface area contributed by atoms with E-state index in [1.165, 1.54) is 5.56 Å². The molecule has 180 valence electrons. The van der Waals surface area contributed by atoms with Crippen molar-refractivity contribution >= 4 is 12.0 Å². The lowest BCUT2D eigenvalue weighted by Crippen LogP contribution is -2.42. The molecule has 2 aromatic rings. The Kier molecular flexibility index (Phi) is 11.8. The Morgan fingerprint density at radius 2 is 1.70 bits per heavy atom. The van der Waals surface area contributed by atoms with Crippen LogP contribution in [0.1, 0.15) is 37.8 Å². The first kappa shape index (κ1) is 26.2. The van der Waals surface area contributed by atoms with Crippen LogP contribution in [0.2, 0.25) is 0 Å². The highest BCUT2D eigenvalue weighted by Gasteiger charge is 2.18. The number of carboxylic acid groups (broad SMARTS) is 1. The van der Waals surface area contributed by atoms with Crippen LogP contribution in [-0.2, 0) is 22.4 Å². The van der Waals surface area contributed by atoms with Crippen LogP contribution in [0.25, 0.3) is 0 Å². The maximum atomic E-state index is 12.4. The largest absolute Gasteiger partial charge is 0.492 e. The number of nitrogens with one attached hydrogen (secondary N) is 1. The van der Waals surface area contributed by atoms with E-state index in [0.717, 1.165) is 24.8 Å². The fraction of sp³-hybridized carbons (Fsp3) is 0.462. The van der Waals surface area contributed by atoms with Crippen molar-refractivity contribution in [2.24, 2.45) is 0 Å². The molecule has 0 radical (unpaired) electrons. The predicted molar refractivity (Wildman–Crippen MR) is 129 cm³/mol. The molecule has 0 bridgehead atoms. The van der Waals surface area contributed by atoms with Crippen LogP contribution in [-0.4, -0.2) is 61.0 Å². The zero-order valence-corrected chi connectivity index (χ0v) is 19.7. The lowest BCUT2D eigenvalue weighted by atomic mass is 10.1. The lowest BCUT2D eigenvalue weighted by Gasteiger charge is -2.23. The van der Waals surface area contributed by atoms with Crippen LogP contribution in [0.4, 0.5) is 4.79 Å². The van der Waals surface area contributed by atoms with Gasteiger partial charge in [0.05, 0.1) is 6.54 Å². The molecule has 0 spiro atoms. The Labute approximate surface area is 196 Å². The number of carbonyl (C=O) groups is 2. The molecule has 2 aromatic carbocycles. The van der Waals surface area contributed by atoms with Crippen LogP contribution < -0.4 is 10.1 Å². The molecule has 2 N–H and O–H groups in total. The van der Waals surface area contributed by atoms with Crippen molar-refractivity contribution in [3.8, 4) is 5.75 Å². The fourth-order valence-corrected chi connectivity index (χ4v) is 3.48. The quantitative estimate of drug-likeness (QED) is 0.393. The molecule has 33 heavy (non-hydrogen) atoms. The molecule has 0 aliphatic heterocycles. The second-order valence-corrected chi connectivity index (χ2v) is 7.74. The minimum atomic E-state index is -0.966. The number of hydrogen-bond acceptors (Lipinski definition) is 4. The van der Waals surface area contributed by atoms with E-state index >= 15 is 0 Å². The minimum Gasteiger partial charge on any atom is -0.492 e. The Morgan fingerprint density at radius 1 is 0.970 bits per heavy atom. The van der Waals surface area contributed by atoms with Gasteiger partial charge < -0.3 is 24.8 Å². The van der Waals surface area contributed by atoms with Gasteiger partial charge in [-0.3, -0.25) is 0 Å². The Hall–Kier alpha value is -3.06. The van der Waals surface area contributed by atoms with Crippen LogP contribution >= 0.6 is 0 Å². The van der Waals surface area contributed by atoms with E-state index in [-0.39, 0.29) is 6.03 Å². The van der Waals surface area contributed by atoms with Gasteiger partial charge in [0.1, 0.15) is 12.4 Å². The van der Waals surface area contributed by atoms with Gasteiger partial charge in [0.25, 0.3) is 0 Å². The molecule has 0 heterocycles. The highest BCUT2D eigenvalue weighted by atomic mass is 16.5. The van der Waals surface area contributed by atoms with Crippen LogP contribution in [0.5, 0.6) is 5.75 Å². The number of unbranched alkanes of at least 4 members (excludes halogenated alkanes) is 1. The molecular weight excluding hydrogens is 420 g/mol. The number of urea groups is 1. The number of nitrogens with zero attached hydrogens (tertiary/aromatic N) is 1. The Bertz CT molecular complexity index is 826. The van der Waals surface area contributed by atoms with Gasteiger partial charge >= 0.3 is 12.0 Å². The topological polar surface area (TPSA) is 88.1 Å². The van der Waals surface area contributed by atoms with E-state index in [9.17, 15) is 14.7 Å². The van der Waals surface area contributed by atoms with E-state index < -0.39 is 12.1 Å². The molecule has 0 saturated heterocycles. The van der Waals surface area contributed by atoms with Crippen LogP contribution in [0.3, 0.4) is 0 Å². The van der Waals surface area contributed by atoms with Gasteiger partial charge in [0.2, 0.25) is 0 Å². The molecule has 7 nitrogen and oxygen atoms in total. The highest BCUT2D eigenvalue weighted by Crippen LogP contribution is 2.15. The summed E-state index contributed by atoms with van der Waals surface area (Å²) in [7, 11) is 0. The van der Waals surface area contributed by atoms with Gasteiger partial charge in [-0.2, -0.15) is 0 Å². The first-order valence-electron chi connectivity index (χ1n) is 11.7. The second-order valence-electron chi connectivity index (χ2n) is 7.74. The maximum Gasteiger partial charge on any atom is 0.333 e. The number of aliphatic carboxylic acids is 1. The number of benzene rings is 2. The normalized spacial score (nSPS) is 11.6. The first-order chi connectivity index (χ1) is 16.0. The van der Waals surface area contributed by atoms with Gasteiger partial charge in [0, 0.05) is 26.1 Å². The number of aryl methyl sites for hydroxylation is 1. The summed E-state index contributed by atoms with van der Waals surface area (Å²) in [5, 5.41) is 12.1. The molecule has 0 aliphatic rings. The van der Waals surface area contributed by atoms with Gasteiger partial charge in [-0.05, 0) is 56.4 Å². The average Bonchev–Trinajstić information content (AvgIpc) is 2.82. The van der Waals surface area contributed by atoms with Gasteiger partial charge in [-0.1, -0.05) is 42.5 Å². The number of rotatable bonds is 15. The number of carboxylic acids is 1. The van der Waals surface area contributed by atoms with Crippen molar-refractivity contribution in [3.05, 3.63) is 65.7 Å². The van der Waals surface area contributed by atoms with Crippen LogP contribution in [0, 0.1) is 0 Å². The Balaban J connectivity index is 1.79. The van der Waals surface area contributed by atoms with E-state index in [4.69, 9.17) is 9.47 Å². The van der Waals surface area contributed by atoms with Crippen molar-refractivity contribution in [1.29, 1.82) is 0 Å². The third-order valence-corrected chi connectivity index (χ3v) is 5.22.